The molecule has 0 N–H and O–H groups in total. The molecule has 0 aliphatic heterocycles. The topological polar surface area (TPSA) is 57.5 Å². The number of aryl methyl sites for hydroxylation is 1. The van der Waals surface area contributed by atoms with E-state index in [9.17, 15) is 9.59 Å². The van der Waals surface area contributed by atoms with Crippen LogP contribution >= 0.6 is 0 Å². The van der Waals surface area contributed by atoms with E-state index in [1.807, 2.05) is 30.3 Å². The third-order valence-electron chi connectivity index (χ3n) is 2.81. The molecule has 0 bridgehead atoms. The van der Waals surface area contributed by atoms with Crippen LogP contribution in [0.5, 0.6) is 5.75 Å². The molecule has 0 aliphatic carbocycles. The maximum atomic E-state index is 11.5. The Morgan fingerprint density at radius 3 is 2.52 bits per heavy atom. The van der Waals surface area contributed by atoms with Gasteiger partial charge in [0.05, 0.1) is 6.42 Å². The summed E-state index contributed by atoms with van der Waals surface area (Å²) in [6.45, 7) is 0.816. The van der Waals surface area contributed by atoms with Gasteiger partial charge >= 0.3 is 5.97 Å². The molecule has 5 nitrogen and oxygen atoms in total. The standard InChI is InChI=1S/C16H17NO4/c18-15-8-4-5-10-17(15)11-9-16(19)21-13-12-20-14-6-2-1-3-7-14/h1-8,10H,9,11-13H2. The monoisotopic (exact) mass is 287 g/mol. The molecule has 0 aliphatic rings. The summed E-state index contributed by atoms with van der Waals surface area (Å²) >= 11 is 0. The van der Waals surface area contributed by atoms with E-state index in [1.54, 1.807) is 18.3 Å². The zero-order valence-corrected chi connectivity index (χ0v) is 11.6. The fourth-order valence-electron chi connectivity index (χ4n) is 1.76. The molecule has 0 unspecified atom stereocenters. The minimum absolute atomic E-state index is 0.127. The molecule has 0 atom stereocenters. The molecule has 0 saturated heterocycles. The number of aromatic nitrogens is 1. The summed E-state index contributed by atoms with van der Waals surface area (Å²) in [5.74, 6) is 0.395. The second-order valence-corrected chi connectivity index (χ2v) is 4.36. The fourth-order valence-corrected chi connectivity index (χ4v) is 1.76. The molecule has 0 amide bonds. The van der Waals surface area contributed by atoms with Crippen LogP contribution in [0.3, 0.4) is 0 Å². The van der Waals surface area contributed by atoms with Gasteiger partial charge in [0.1, 0.15) is 19.0 Å². The lowest BCUT2D eigenvalue weighted by molar-refractivity contribution is -0.144. The van der Waals surface area contributed by atoms with Crippen LogP contribution in [0, 0.1) is 0 Å². The number of carbonyl (C=O) groups excluding carboxylic acids is 1. The minimum atomic E-state index is -0.345. The van der Waals surface area contributed by atoms with E-state index >= 15 is 0 Å². The van der Waals surface area contributed by atoms with Gasteiger partial charge in [0, 0.05) is 18.8 Å². The summed E-state index contributed by atoms with van der Waals surface area (Å²) in [6.07, 6.45) is 1.81. The van der Waals surface area contributed by atoms with E-state index in [2.05, 4.69) is 0 Å². The van der Waals surface area contributed by atoms with Gasteiger partial charge in [-0.05, 0) is 18.2 Å². The largest absolute Gasteiger partial charge is 0.490 e. The first-order valence-corrected chi connectivity index (χ1v) is 6.74. The summed E-state index contributed by atoms with van der Waals surface area (Å²) in [5, 5.41) is 0. The van der Waals surface area contributed by atoms with Crippen LogP contribution in [0.25, 0.3) is 0 Å². The van der Waals surface area contributed by atoms with Crippen molar-refractivity contribution in [1.82, 2.24) is 4.57 Å². The van der Waals surface area contributed by atoms with Gasteiger partial charge in [0.25, 0.3) is 5.56 Å². The van der Waals surface area contributed by atoms with Crippen LogP contribution < -0.4 is 10.3 Å². The number of hydrogen-bond donors (Lipinski definition) is 0. The quantitative estimate of drug-likeness (QED) is 0.576. The number of pyridine rings is 1. The maximum absolute atomic E-state index is 11.5. The first-order valence-electron chi connectivity index (χ1n) is 6.74. The normalized spacial score (nSPS) is 10.1. The highest BCUT2D eigenvalue weighted by Gasteiger charge is 2.04. The number of ether oxygens (including phenoxy) is 2. The lowest BCUT2D eigenvalue weighted by Gasteiger charge is -2.08. The van der Waals surface area contributed by atoms with Crippen LogP contribution in [0.1, 0.15) is 6.42 Å². The molecular formula is C16H17NO4. The number of hydrogen-bond acceptors (Lipinski definition) is 4. The minimum Gasteiger partial charge on any atom is -0.490 e. The van der Waals surface area contributed by atoms with Crippen molar-refractivity contribution in [2.75, 3.05) is 13.2 Å². The van der Waals surface area contributed by atoms with Crippen LogP contribution in [-0.2, 0) is 16.1 Å². The van der Waals surface area contributed by atoms with Gasteiger partial charge in [-0.2, -0.15) is 0 Å². The van der Waals surface area contributed by atoms with Gasteiger partial charge in [0.2, 0.25) is 0 Å². The van der Waals surface area contributed by atoms with Crippen molar-refractivity contribution in [3.8, 4) is 5.75 Å². The van der Waals surface area contributed by atoms with Gasteiger partial charge < -0.3 is 14.0 Å². The lowest BCUT2D eigenvalue weighted by Crippen LogP contribution is -2.20. The van der Waals surface area contributed by atoms with Gasteiger partial charge in [-0.15, -0.1) is 0 Å². The van der Waals surface area contributed by atoms with Crippen molar-refractivity contribution in [2.45, 2.75) is 13.0 Å². The fraction of sp³-hybridized carbons (Fsp3) is 0.250. The average Bonchev–Trinajstić information content (AvgIpc) is 2.52. The van der Waals surface area contributed by atoms with Crippen LogP contribution in [0.15, 0.2) is 59.5 Å². The molecule has 110 valence electrons. The Morgan fingerprint density at radius 1 is 1.00 bits per heavy atom. The molecule has 1 heterocycles. The Bertz CT molecular complexity index is 621. The first-order chi connectivity index (χ1) is 10.3. The Balaban J connectivity index is 1.64. The predicted octanol–water partition coefficient (Wildman–Crippen LogP) is 1.86. The molecule has 0 fully saturated rings. The Kier molecular flexibility index (Phi) is 5.58. The van der Waals surface area contributed by atoms with Crippen molar-refractivity contribution < 1.29 is 14.3 Å². The molecular weight excluding hydrogens is 270 g/mol. The average molecular weight is 287 g/mol. The molecule has 2 rings (SSSR count). The van der Waals surface area contributed by atoms with Gasteiger partial charge in [-0.25, -0.2) is 0 Å². The van der Waals surface area contributed by atoms with Crippen molar-refractivity contribution in [3.05, 3.63) is 65.1 Å². The maximum Gasteiger partial charge on any atom is 0.307 e. The third-order valence-corrected chi connectivity index (χ3v) is 2.81. The molecule has 2 aromatic rings. The molecule has 5 heteroatoms. The van der Waals surface area contributed by atoms with Crippen molar-refractivity contribution in [3.63, 3.8) is 0 Å². The van der Waals surface area contributed by atoms with Crippen LogP contribution in [-0.4, -0.2) is 23.8 Å². The summed E-state index contributed by atoms with van der Waals surface area (Å²) in [4.78, 5) is 23.0. The van der Waals surface area contributed by atoms with E-state index in [0.717, 1.165) is 5.75 Å². The van der Waals surface area contributed by atoms with Gasteiger partial charge in [-0.3, -0.25) is 9.59 Å². The van der Waals surface area contributed by atoms with E-state index in [1.165, 1.54) is 10.6 Å². The number of rotatable bonds is 7. The van der Waals surface area contributed by atoms with Gasteiger partial charge in [-0.1, -0.05) is 24.3 Å². The molecule has 0 spiro atoms. The summed E-state index contributed by atoms with van der Waals surface area (Å²) < 4.78 is 11.9. The molecule has 0 saturated carbocycles. The number of benzene rings is 1. The predicted molar refractivity (Wildman–Crippen MR) is 78.2 cm³/mol. The van der Waals surface area contributed by atoms with E-state index in [-0.39, 0.29) is 24.6 Å². The van der Waals surface area contributed by atoms with Crippen LogP contribution in [0.4, 0.5) is 0 Å². The highest BCUT2D eigenvalue weighted by atomic mass is 16.6. The van der Waals surface area contributed by atoms with E-state index < -0.39 is 0 Å². The lowest BCUT2D eigenvalue weighted by atomic mass is 10.3. The highest BCUT2D eigenvalue weighted by Crippen LogP contribution is 2.07. The Labute approximate surface area is 122 Å². The molecule has 21 heavy (non-hydrogen) atoms. The Morgan fingerprint density at radius 2 is 1.76 bits per heavy atom. The smallest absolute Gasteiger partial charge is 0.307 e. The van der Waals surface area contributed by atoms with Crippen LogP contribution in [0.2, 0.25) is 0 Å². The summed E-state index contributed by atoms with van der Waals surface area (Å²) in [5.41, 5.74) is -0.127. The zero-order chi connectivity index (χ0) is 14.9. The zero-order valence-electron chi connectivity index (χ0n) is 11.6. The molecule has 1 aromatic carbocycles. The Hall–Kier alpha value is -2.56. The molecule has 0 radical (unpaired) electrons. The third kappa shape index (κ3) is 5.14. The van der Waals surface area contributed by atoms with E-state index in [4.69, 9.17) is 9.47 Å². The van der Waals surface area contributed by atoms with Gasteiger partial charge in [0.15, 0.2) is 0 Å². The summed E-state index contributed by atoms with van der Waals surface area (Å²) in [6, 6.07) is 14.2. The number of esters is 1. The van der Waals surface area contributed by atoms with Crippen molar-refractivity contribution in [2.24, 2.45) is 0 Å². The highest BCUT2D eigenvalue weighted by molar-refractivity contribution is 5.69. The summed E-state index contributed by atoms with van der Waals surface area (Å²) in [7, 11) is 0. The SMILES string of the molecule is O=C(CCn1ccccc1=O)OCCOc1ccccc1. The second kappa shape index (κ2) is 7.89. The number of nitrogens with zero attached hydrogens (tertiary/aromatic N) is 1. The van der Waals surface area contributed by atoms with E-state index in [0.29, 0.717) is 13.2 Å². The van der Waals surface area contributed by atoms with Crippen molar-refractivity contribution >= 4 is 5.97 Å². The number of carbonyl (C=O) groups is 1. The van der Waals surface area contributed by atoms with Crippen molar-refractivity contribution in [1.29, 1.82) is 0 Å². The number of para-hydroxylation sites is 1. The molecule has 1 aromatic heterocycles. The first kappa shape index (κ1) is 14.8. The second-order valence-electron chi connectivity index (χ2n) is 4.36.